The Kier molecular flexibility index (Phi) is 5.28. The van der Waals surface area contributed by atoms with E-state index in [1.165, 1.54) is 47.3 Å². The number of hydrogen-bond acceptors (Lipinski definition) is 2. The molecule has 3 aromatic rings. The van der Waals surface area contributed by atoms with Crippen molar-refractivity contribution in [3.8, 4) is 0 Å². The second kappa shape index (κ2) is 7.99. The zero-order valence-corrected chi connectivity index (χ0v) is 16.5. The summed E-state index contributed by atoms with van der Waals surface area (Å²) in [5.74, 6) is 1.11. The zero-order chi connectivity index (χ0) is 18.6. The second-order valence-electron chi connectivity index (χ2n) is 7.61. The molecule has 1 aliphatic rings. The van der Waals surface area contributed by atoms with Crippen LogP contribution in [0.15, 0.2) is 54.6 Å². The first-order valence-electron chi connectivity index (χ1n) is 10.2. The molecule has 0 bridgehead atoms. The highest BCUT2D eigenvalue weighted by Gasteiger charge is 2.24. The maximum atomic E-state index is 5.13. The monoisotopic (exact) mass is 359 g/mol. The van der Waals surface area contributed by atoms with Gasteiger partial charge in [0.15, 0.2) is 0 Å². The number of aryl methyl sites for hydroxylation is 1. The van der Waals surface area contributed by atoms with Gasteiger partial charge in [0.05, 0.1) is 5.69 Å². The third-order valence-electron chi connectivity index (χ3n) is 5.63. The molecule has 0 spiro atoms. The summed E-state index contributed by atoms with van der Waals surface area (Å²) in [6.07, 6.45) is 5.76. The topological polar surface area (TPSA) is 21.1 Å². The van der Waals surface area contributed by atoms with E-state index in [0.717, 1.165) is 31.9 Å². The van der Waals surface area contributed by atoms with Crippen LogP contribution in [0.4, 0.5) is 5.95 Å². The van der Waals surface area contributed by atoms with Crippen molar-refractivity contribution in [3.63, 3.8) is 0 Å². The summed E-state index contributed by atoms with van der Waals surface area (Å²) >= 11 is 0. The molecule has 2 aromatic carbocycles. The van der Waals surface area contributed by atoms with Crippen molar-refractivity contribution in [2.45, 2.75) is 52.1 Å². The molecule has 140 valence electrons. The summed E-state index contributed by atoms with van der Waals surface area (Å²) in [7, 11) is 2.19. The van der Waals surface area contributed by atoms with Crippen LogP contribution in [0.1, 0.15) is 54.3 Å². The van der Waals surface area contributed by atoms with E-state index in [2.05, 4.69) is 78.0 Å². The van der Waals surface area contributed by atoms with Crippen LogP contribution in [-0.2, 0) is 33.0 Å². The predicted molar refractivity (Wildman–Crippen MR) is 112 cm³/mol. The van der Waals surface area contributed by atoms with Gasteiger partial charge < -0.3 is 9.47 Å². The Labute approximate surface area is 162 Å². The normalized spacial score (nSPS) is 13.2. The lowest BCUT2D eigenvalue weighted by atomic mass is 10.1. The fourth-order valence-electron chi connectivity index (χ4n) is 4.08. The molecule has 0 saturated heterocycles. The molecule has 0 fully saturated rings. The smallest absolute Gasteiger partial charge is 0.206 e. The molecule has 1 aromatic heterocycles. The Morgan fingerprint density at radius 1 is 0.889 bits per heavy atom. The lowest BCUT2D eigenvalue weighted by Crippen LogP contribution is -2.19. The molecule has 1 aliphatic heterocycles. The van der Waals surface area contributed by atoms with Crippen molar-refractivity contribution in [3.05, 3.63) is 82.7 Å². The van der Waals surface area contributed by atoms with E-state index in [0.29, 0.717) is 0 Å². The SMILES string of the molecule is CCCCCc1nc(N2Cc3ccccc3C2)n(C)c1Cc1ccccc1. The summed E-state index contributed by atoms with van der Waals surface area (Å²) in [5, 5.41) is 0. The first-order chi connectivity index (χ1) is 13.3. The predicted octanol–water partition coefficient (Wildman–Crippen LogP) is 5.26. The van der Waals surface area contributed by atoms with Crippen LogP contribution >= 0.6 is 0 Å². The van der Waals surface area contributed by atoms with Gasteiger partial charge in [-0.15, -0.1) is 0 Å². The van der Waals surface area contributed by atoms with Crippen molar-refractivity contribution in [1.82, 2.24) is 9.55 Å². The van der Waals surface area contributed by atoms with E-state index in [4.69, 9.17) is 4.98 Å². The van der Waals surface area contributed by atoms with Gasteiger partial charge in [-0.05, 0) is 29.5 Å². The highest BCUT2D eigenvalue weighted by molar-refractivity contribution is 5.46. The van der Waals surface area contributed by atoms with E-state index in [1.807, 2.05) is 0 Å². The number of rotatable bonds is 7. The Bertz CT molecular complexity index is 870. The molecule has 0 radical (unpaired) electrons. The average Bonchev–Trinajstić information content (AvgIpc) is 3.25. The van der Waals surface area contributed by atoms with Gasteiger partial charge in [0.2, 0.25) is 5.95 Å². The molecule has 3 heteroatoms. The molecule has 0 saturated carbocycles. The maximum absolute atomic E-state index is 5.13. The van der Waals surface area contributed by atoms with Crippen LogP contribution in [-0.4, -0.2) is 9.55 Å². The molecule has 3 nitrogen and oxygen atoms in total. The minimum absolute atomic E-state index is 0.951. The molecule has 0 amide bonds. The van der Waals surface area contributed by atoms with Gasteiger partial charge in [0.25, 0.3) is 0 Å². The quantitative estimate of drug-likeness (QED) is 0.536. The number of anilines is 1. The third-order valence-corrected chi connectivity index (χ3v) is 5.63. The molecule has 4 rings (SSSR count). The summed E-state index contributed by atoms with van der Waals surface area (Å²) in [5.41, 5.74) is 6.85. The molecule has 0 aliphatic carbocycles. The van der Waals surface area contributed by atoms with Crippen LogP contribution in [0.3, 0.4) is 0 Å². The maximum Gasteiger partial charge on any atom is 0.206 e. The Hall–Kier alpha value is -2.55. The van der Waals surface area contributed by atoms with Crippen LogP contribution in [0.25, 0.3) is 0 Å². The van der Waals surface area contributed by atoms with Crippen molar-refractivity contribution >= 4 is 5.95 Å². The lowest BCUT2D eigenvalue weighted by Gasteiger charge is -2.17. The fraction of sp³-hybridized carbons (Fsp3) is 0.375. The van der Waals surface area contributed by atoms with E-state index in [-0.39, 0.29) is 0 Å². The van der Waals surface area contributed by atoms with Gasteiger partial charge in [-0.1, -0.05) is 74.4 Å². The average molecular weight is 360 g/mol. The molecule has 2 heterocycles. The third kappa shape index (κ3) is 3.78. The second-order valence-corrected chi connectivity index (χ2v) is 7.61. The Morgan fingerprint density at radius 2 is 1.56 bits per heavy atom. The van der Waals surface area contributed by atoms with Gasteiger partial charge in [-0.2, -0.15) is 0 Å². The summed E-state index contributed by atoms with van der Waals surface area (Å²) in [4.78, 5) is 7.55. The number of aromatic nitrogens is 2. The Morgan fingerprint density at radius 3 is 2.22 bits per heavy atom. The zero-order valence-electron chi connectivity index (χ0n) is 16.5. The number of hydrogen-bond donors (Lipinski definition) is 0. The van der Waals surface area contributed by atoms with Crippen molar-refractivity contribution in [2.24, 2.45) is 7.05 Å². The van der Waals surface area contributed by atoms with Gasteiger partial charge in [0, 0.05) is 32.3 Å². The summed E-state index contributed by atoms with van der Waals surface area (Å²) < 4.78 is 2.33. The van der Waals surface area contributed by atoms with E-state index in [9.17, 15) is 0 Å². The van der Waals surface area contributed by atoms with Crippen LogP contribution in [0, 0.1) is 0 Å². The number of nitrogens with zero attached hydrogens (tertiary/aromatic N) is 3. The molecule has 0 N–H and O–H groups in total. The first kappa shape index (κ1) is 17.8. The highest BCUT2D eigenvalue weighted by Crippen LogP contribution is 2.30. The number of fused-ring (bicyclic) bond motifs is 1. The number of imidazole rings is 1. The van der Waals surface area contributed by atoms with Gasteiger partial charge in [-0.25, -0.2) is 4.98 Å². The lowest BCUT2D eigenvalue weighted by molar-refractivity contribution is 0.703. The number of benzene rings is 2. The van der Waals surface area contributed by atoms with Crippen LogP contribution in [0.5, 0.6) is 0 Å². The standard InChI is InChI=1S/C24H29N3/c1-3-4-6-15-22-23(16-19-11-7-5-8-12-19)26(2)24(25-22)27-17-20-13-9-10-14-21(20)18-27/h5,7-14H,3-4,6,15-18H2,1-2H3. The van der Waals surface area contributed by atoms with Gasteiger partial charge >= 0.3 is 0 Å². The first-order valence-corrected chi connectivity index (χ1v) is 10.2. The summed E-state index contributed by atoms with van der Waals surface area (Å²) in [6, 6.07) is 19.5. The fourth-order valence-corrected chi connectivity index (χ4v) is 4.08. The largest absolute Gasteiger partial charge is 0.334 e. The molecular formula is C24H29N3. The van der Waals surface area contributed by atoms with E-state index >= 15 is 0 Å². The van der Waals surface area contributed by atoms with E-state index < -0.39 is 0 Å². The summed E-state index contributed by atoms with van der Waals surface area (Å²) in [6.45, 7) is 4.18. The molecule has 0 atom stereocenters. The van der Waals surface area contributed by atoms with Crippen LogP contribution in [0.2, 0.25) is 0 Å². The Balaban J connectivity index is 1.63. The van der Waals surface area contributed by atoms with Gasteiger partial charge in [-0.3, -0.25) is 0 Å². The van der Waals surface area contributed by atoms with Gasteiger partial charge in [0.1, 0.15) is 0 Å². The van der Waals surface area contributed by atoms with Crippen LogP contribution < -0.4 is 4.90 Å². The number of unbranched alkanes of at least 4 members (excludes halogenated alkanes) is 2. The van der Waals surface area contributed by atoms with E-state index in [1.54, 1.807) is 0 Å². The minimum atomic E-state index is 0.951. The van der Waals surface area contributed by atoms with Crippen molar-refractivity contribution in [1.29, 1.82) is 0 Å². The molecule has 0 unspecified atom stereocenters. The minimum Gasteiger partial charge on any atom is -0.334 e. The highest BCUT2D eigenvalue weighted by atomic mass is 15.3. The molecular weight excluding hydrogens is 330 g/mol. The molecule has 27 heavy (non-hydrogen) atoms. The van der Waals surface area contributed by atoms with Crippen molar-refractivity contribution in [2.75, 3.05) is 4.90 Å². The van der Waals surface area contributed by atoms with Crippen molar-refractivity contribution < 1.29 is 0 Å².